The van der Waals surface area contributed by atoms with E-state index in [4.69, 9.17) is 16.3 Å². The number of nitrogens with zero attached hydrogens (tertiary/aromatic N) is 4. The molecule has 0 radical (unpaired) electrons. The second kappa shape index (κ2) is 11.7. The van der Waals surface area contributed by atoms with Gasteiger partial charge in [-0.3, -0.25) is 9.69 Å². The SMILES string of the molecule is CC(C)(C)OC(=O)N1CCC(CN2CCN(Cc3ccc(C(=O)c4ccc(Cl)nc4)cc3)CC2)CC1. The van der Waals surface area contributed by atoms with Gasteiger partial charge in [-0.1, -0.05) is 35.9 Å². The van der Waals surface area contributed by atoms with Gasteiger partial charge in [-0.15, -0.1) is 0 Å². The Balaban J connectivity index is 1.18. The fourth-order valence-corrected chi connectivity index (χ4v) is 4.93. The van der Waals surface area contributed by atoms with Crippen molar-refractivity contribution in [2.45, 2.75) is 45.8 Å². The van der Waals surface area contributed by atoms with E-state index in [0.717, 1.165) is 65.2 Å². The van der Waals surface area contributed by atoms with Gasteiger partial charge in [-0.05, 0) is 57.2 Å². The van der Waals surface area contributed by atoms with Crippen molar-refractivity contribution < 1.29 is 14.3 Å². The minimum Gasteiger partial charge on any atom is -0.444 e. The Morgan fingerprint density at radius 2 is 1.53 bits per heavy atom. The van der Waals surface area contributed by atoms with Gasteiger partial charge in [0.25, 0.3) is 0 Å². The smallest absolute Gasteiger partial charge is 0.410 e. The number of piperidine rings is 1. The lowest BCUT2D eigenvalue weighted by molar-refractivity contribution is 0.0159. The normalized spacial score (nSPS) is 18.3. The maximum atomic E-state index is 12.6. The summed E-state index contributed by atoms with van der Waals surface area (Å²) in [5.74, 6) is 0.590. The second-order valence-corrected chi connectivity index (χ2v) is 11.3. The summed E-state index contributed by atoms with van der Waals surface area (Å²) in [6.45, 7) is 13.5. The Morgan fingerprint density at radius 3 is 2.11 bits per heavy atom. The number of rotatable bonds is 6. The summed E-state index contributed by atoms with van der Waals surface area (Å²) in [6, 6.07) is 11.2. The molecule has 0 atom stereocenters. The molecule has 0 saturated carbocycles. The summed E-state index contributed by atoms with van der Waals surface area (Å²) in [5.41, 5.74) is 1.97. The summed E-state index contributed by atoms with van der Waals surface area (Å²) in [5, 5.41) is 0.380. The van der Waals surface area contributed by atoms with Crippen LogP contribution in [0.2, 0.25) is 5.15 Å². The average Bonchev–Trinajstić information content (AvgIpc) is 2.85. The van der Waals surface area contributed by atoms with Gasteiger partial charge in [0.15, 0.2) is 5.78 Å². The van der Waals surface area contributed by atoms with Crippen molar-refractivity contribution in [3.8, 4) is 0 Å². The average molecular weight is 513 g/mol. The molecule has 2 saturated heterocycles. The lowest BCUT2D eigenvalue weighted by Gasteiger charge is -2.39. The number of piperazine rings is 1. The summed E-state index contributed by atoms with van der Waals surface area (Å²) >= 11 is 5.82. The van der Waals surface area contributed by atoms with Gasteiger partial charge in [0, 0.05) is 69.7 Å². The van der Waals surface area contributed by atoms with E-state index in [9.17, 15) is 9.59 Å². The molecule has 4 rings (SSSR count). The number of hydrogen-bond acceptors (Lipinski definition) is 6. The largest absolute Gasteiger partial charge is 0.444 e. The monoisotopic (exact) mass is 512 g/mol. The molecule has 2 aromatic rings. The van der Waals surface area contributed by atoms with E-state index in [2.05, 4.69) is 14.8 Å². The number of ether oxygens (including phenoxy) is 1. The highest BCUT2D eigenvalue weighted by molar-refractivity contribution is 6.29. The molecule has 8 heteroatoms. The first-order valence-corrected chi connectivity index (χ1v) is 13.2. The Labute approximate surface area is 219 Å². The molecular weight excluding hydrogens is 476 g/mol. The quantitative estimate of drug-likeness (QED) is 0.412. The standard InChI is InChI=1S/C28H37ClN4O3/c1-28(2,3)36-27(35)33-12-10-22(11-13-33)20-32-16-14-31(15-17-32)19-21-4-6-23(7-5-21)26(34)24-8-9-25(29)30-18-24/h4-9,18,22H,10-17,19-20H2,1-3H3. The molecule has 0 unspecified atom stereocenters. The third-order valence-electron chi connectivity index (χ3n) is 6.86. The zero-order valence-corrected chi connectivity index (χ0v) is 22.3. The van der Waals surface area contributed by atoms with E-state index in [1.54, 1.807) is 12.1 Å². The molecule has 0 bridgehead atoms. The summed E-state index contributed by atoms with van der Waals surface area (Å²) in [4.78, 5) is 35.8. The van der Waals surface area contributed by atoms with Crippen molar-refractivity contribution in [3.05, 3.63) is 64.4 Å². The first-order valence-electron chi connectivity index (χ1n) is 12.8. The fraction of sp³-hybridized carbons (Fsp3) is 0.536. The minimum absolute atomic E-state index is 0.0451. The lowest BCUT2D eigenvalue weighted by atomic mass is 9.96. The molecule has 1 aromatic carbocycles. The van der Waals surface area contributed by atoms with E-state index < -0.39 is 5.60 Å². The zero-order chi connectivity index (χ0) is 25.7. The molecule has 1 aromatic heterocycles. The van der Waals surface area contributed by atoms with Crippen LogP contribution in [0, 0.1) is 5.92 Å². The van der Waals surface area contributed by atoms with Crippen LogP contribution in [0.1, 0.15) is 55.1 Å². The van der Waals surface area contributed by atoms with Crippen molar-refractivity contribution >= 4 is 23.5 Å². The minimum atomic E-state index is -0.442. The van der Waals surface area contributed by atoms with Crippen molar-refractivity contribution in [1.82, 2.24) is 19.7 Å². The van der Waals surface area contributed by atoms with Crippen LogP contribution in [0.15, 0.2) is 42.6 Å². The number of pyridine rings is 1. The number of aromatic nitrogens is 1. The first-order chi connectivity index (χ1) is 17.2. The summed E-state index contributed by atoms with van der Waals surface area (Å²) in [6.07, 6.45) is 3.41. The predicted octanol–water partition coefficient (Wildman–Crippen LogP) is 4.73. The summed E-state index contributed by atoms with van der Waals surface area (Å²) < 4.78 is 5.51. The molecule has 0 aliphatic carbocycles. The number of carbonyl (C=O) groups is 2. The van der Waals surface area contributed by atoms with Gasteiger partial charge in [0.2, 0.25) is 0 Å². The third-order valence-corrected chi connectivity index (χ3v) is 7.08. The summed E-state index contributed by atoms with van der Waals surface area (Å²) in [7, 11) is 0. The van der Waals surface area contributed by atoms with Gasteiger partial charge in [-0.2, -0.15) is 0 Å². The molecule has 2 aliphatic heterocycles. The number of ketones is 1. The molecule has 194 valence electrons. The molecular formula is C28H37ClN4O3. The van der Waals surface area contributed by atoms with Crippen molar-refractivity contribution in [3.63, 3.8) is 0 Å². The maximum absolute atomic E-state index is 12.6. The van der Waals surface area contributed by atoms with E-state index in [1.807, 2.05) is 49.9 Å². The number of benzene rings is 1. The molecule has 36 heavy (non-hydrogen) atoms. The first kappa shape index (κ1) is 26.6. The molecule has 2 aliphatic rings. The van der Waals surface area contributed by atoms with Gasteiger partial charge in [0.1, 0.15) is 10.8 Å². The van der Waals surface area contributed by atoms with Crippen LogP contribution in [0.25, 0.3) is 0 Å². The second-order valence-electron chi connectivity index (χ2n) is 10.9. The van der Waals surface area contributed by atoms with Crippen LogP contribution >= 0.6 is 11.6 Å². The number of hydrogen-bond donors (Lipinski definition) is 0. The van der Waals surface area contributed by atoms with Crippen molar-refractivity contribution in [2.75, 3.05) is 45.8 Å². The van der Waals surface area contributed by atoms with E-state index in [-0.39, 0.29) is 11.9 Å². The third kappa shape index (κ3) is 7.51. The fourth-order valence-electron chi connectivity index (χ4n) is 4.82. The lowest BCUT2D eigenvalue weighted by Crippen LogP contribution is -2.49. The number of carbonyl (C=O) groups excluding carboxylic acids is 2. The molecule has 3 heterocycles. The Bertz CT molecular complexity index is 1020. The van der Waals surface area contributed by atoms with E-state index >= 15 is 0 Å². The Morgan fingerprint density at radius 1 is 0.917 bits per heavy atom. The predicted molar refractivity (Wildman–Crippen MR) is 141 cm³/mol. The highest BCUT2D eigenvalue weighted by Crippen LogP contribution is 2.22. The Hall–Kier alpha value is -2.48. The van der Waals surface area contributed by atoms with E-state index in [1.165, 1.54) is 11.8 Å². The maximum Gasteiger partial charge on any atom is 0.410 e. The van der Waals surface area contributed by atoms with Gasteiger partial charge in [0.05, 0.1) is 0 Å². The van der Waals surface area contributed by atoms with Crippen LogP contribution in [0.5, 0.6) is 0 Å². The number of halogens is 1. The molecule has 7 nitrogen and oxygen atoms in total. The van der Waals surface area contributed by atoms with Crippen molar-refractivity contribution in [2.24, 2.45) is 5.92 Å². The van der Waals surface area contributed by atoms with Crippen LogP contribution in [-0.2, 0) is 11.3 Å². The molecule has 1 amide bonds. The van der Waals surface area contributed by atoms with Crippen LogP contribution < -0.4 is 0 Å². The Kier molecular flexibility index (Phi) is 8.65. The van der Waals surface area contributed by atoms with Crippen LogP contribution in [0.3, 0.4) is 0 Å². The van der Waals surface area contributed by atoms with Gasteiger partial charge < -0.3 is 14.5 Å². The van der Waals surface area contributed by atoms with Crippen LogP contribution in [0.4, 0.5) is 4.79 Å². The number of likely N-dealkylation sites (tertiary alicyclic amines) is 1. The molecule has 2 fully saturated rings. The zero-order valence-electron chi connectivity index (χ0n) is 21.6. The van der Waals surface area contributed by atoms with Crippen molar-refractivity contribution in [1.29, 1.82) is 0 Å². The molecule has 0 N–H and O–H groups in total. The highest BCUT2D eigenvalue weighted by atomic mass is 35.5. The highest BCUT2D eigenvalue weighted by Gasteiger charge is 2.28. The van der Waals surface area contributed by atoms with E-state index in [0.29, 0.717) is 22.2 Å². The molecule has 0 spiro atoms. The van der Waals surface area contributed by atoms with Crippen LogP contribution in [-0.4, -0.2) is 83.0 Å². The van der Waals surface area contributed by atoms with Gasteiger partial charge in [-0.25, -0.2) is 9.78 Å². The number of amides is 1. The van der Waals surface area contributed by atoms with Gasteiger partial charge >= 0.3 is 6.09 Å². The topological polar surface area (TPSA) is 66.0 Å².